The highest BCUT2D eigenvalue weighted by atomic mass is 35.5. The number of rotatable bonds is 6. The molecule has 1 aromatic carbocycles. The Morgan fingerprint density at radius 1 is 1.38 bits per heavy atom. The average molecular weight is 262 g/mol. The SMILES string of the molecule is CCS(=O)(=O)Nc1cccc(CCCCl)c1. The van der Waals surface area contributed by atoms with Crippen LogP contribution in [0.15, 0.2) is 24.3 Å². The van der Waals surface area contributed by atoms with Crippen molar-refractivity contribution < 1.29 is 8.42 Å². The van der Waals surface area contributed by atoms with Crippen LogP contribution in [0.3, 0.4) is 0 Å². The minimum Gasteiger partial charge on any atom is -0.284 e. The Labute approximate surface area is 102 Å². The number of hydrogen-bond acceptors (Lipinski definition) is 2. The molecule has 0 saturated heterocycles. The average Bonchev–Trinajstić information content (AvgIpc) is 2.26. The van der Waals surface area contributed by atoms with Crippen LogP contribution >= 0.6 is 11.6 Å². The molecule has 0 spiro atoms. The summed E-state index contributed by atoms with van der Waals surface area (Å²) >= 11 is 5.61. The molecule has 0 saturated carbocycles. The van der Waals surface area contributed by atoms with Gasteiger partial charge < -0.3 is 0 Å². The van der Waals surface area contributed by atoms with Gasteiger partial charge in [0.25, 0.3) is 0 Å². The number of alkyl halides is 1. The molecule has 3 nitrogen and oxygen atoms in total. The molecular weight excluding hydrogens is 246 g/mol. The van der Waals surface area contributed by atoms with Gasteiger partial charge in [-0.05, 0) is 37.5 Å². The van der Waals surface area contributed by atoms with Crippen LogP contribution in [0.5, 0.6) is 0 Å². The van der Waals surface area contributed by atoms with Gasteiger partial charge in [0.05, 0.1) is 5.75 Å². The Bertz CT molecular complexity index is 431. The second-order valence-corrected chi connectivity index (χ2v) is 5.89. The predicted molar refractivity (Wildman–Crippen MR) is 68.6 cm³/mol. The third-order valence-corrected chi connectivity index (χ3v) is 3.75. The van der Waals surface area contributed by atoms with Gasteiger partial charge in [-0.15, -0.1) is 11.6 Å². The van der Waals surface area contributed by atoms with Gasteiger partial charge in [0.2, 0.25) is 10.0 Å². The molecule has 0 radical (unpaired) electrons. The summed E-state index contributed by atoms with van der Waals surface area (Å²) in [5.74, 6) is 0.698. The van der Waals surface area contributed by atoms with Crippen LogP contribution in [0.1, 0.15) is 18.9 Å². The number of sulfonamides is 1. The van der Waals surface area contributed by atoms with E-state index in [0.717, 1.165) is 18.4 Å². The Morgan fingerprint density at radius 3 is 2.75 bits per heavy atom. The fraction of sp³-hybridized carbons (Fsp3) is 0.455. The molecule has 5 heteroatoms. The van der Waals surface area contributed by atoms with Crippen molar-refractivity contribution in [3.8, 4) is 0 Å². The number of hydrogen-bond donors (Lipinski definition) is 1. The van der Waals surface area contributed by atoms with Gasteiger partial charge in [-0.3, -0.25) is 4.72 Å². The molecule has 90 valence electrons. The van der Waals surface area contributed by atoms with Gasteiger partial charge in [-0.1, -0.05) is 12.1 Å². The minimum atomic E-state index is -3.19. The molecule has 0 amide bonds. The highest BCUT2D eigenvalue weighted by Gasteiger charge is 2.06. The van der Waals surface area contributed by atoms with Crippen molar-refractivity contribution in [1.82, 2.24) is 0 Å². The smallest absolute Gasteiger partial charge is 0.232 e. The second-order valence-electron chi connectivity index (χ2n) is 3.50. The molecular formula is C11H16ClNO2S. The van der Waals surface area contributed by atoms with Gasteiger partial charge in [0.1, 0.15) is 0 Å². The summed E-state index contributed by atoms with van der Waals surface area (Å²) in [5.41, 5.74) is 1.71. The van der Waals surface area contributed by atoms with Crippen molar-refractivity contribution in [2.75, 3.05) is 16.4 Å². The molecule has 0 aromatic heterocycles. The summed E-state index contributed by atoms with van der Waals surface area (Å²) in [6.45, 7) is 1.61. The summed E-state index contributed by atoms with van der Waals surface area (Å²) in [6.07, 6.45) is 1.76. The summed E-state index contributed by atoms with van der Waals surface area (Å²) in [4.78, 5) is 0. The van der Waals surface area contributed by atoms with Gasteiger partial charge in [0.15, 0.2) is 0 Å². The zero-order valence-corrected chi connectivity index (χ0v) is 10.8. The third kappa shape index (κ3) is 4.41. The fourth-order valence-electron chi connectivity index (χ4n) is 1.31. The molecule has 1 aromatic rings. The van der Waals surface area contributed by atoms with Gasteiger partial charge in [-0.2, -0.15) is 0 Å². The van der Waals surface area contributed by atoms with Crippen LogP contribution in [0.25, 0.3) is 0 Å². The van der Waals surface area contributed by atoms with E-state index in [9.17, 15) is 8.42 Å². The molecule has 1 rings (SSSR count). The summed E-state index contributed by atoms with van der Waals surface area (Å²) in [7, 11) is -3.19. The molecule has 0 bridgehead atoms. The van der Waals surface area contributed by atoms with Crippen LogP contribution in [-0.4, -0.2) is 20.1 Å². The van der Waals surface area contributed by atoms with Crippen molar-refractivity contribution in [2.45, 2.75) is 19.8 Å². The molecule has 0 aliphatic heterocycles. The summed E-state index contributed by atoms with van der Waals surface area (Å²) in [5, 5.41) is 0. The molecule has 0 aliphatic rings. The number of halogens is 1. The van der Waals surface area contributed by atoms with Gasteiger partial charge >= 0.3 is 0 Å². The van der Waals surface area contributed by atoms with Crippen molar-refractivity contribution in [3.63, 3.8) is 0 Å². The normalized spacial score (nSPS) is 11.4. The number of anilines is 1. The quantitative estimate of drug-likeness (QED) is 0.800. The topological polar surface area (TPSA) is 46.2 Å². The van der Waals surface area contributed by atoms with E-state index in [1.165, 1.54) is 0 Å². The van der Waals surface area contributed by atoms with Crippen LogP contribution in [0.4, 0.5) is 5.69 Å². The standard InChI is InChI=1S/C11H16ClNO2S/c1-2-16(14,15)13-11-7-3-5-10(9-11)6-4-8-12/h3,5,7,9,13H,2,4,6,8H2,1H3. The second kappa shape index (κ2) is 6.11. The molecule has 0 unspecified atom stereocenters. The van der Waals surface area contributed by atoms with Crippen LogP contribution in [0.2, 0.25) is 0 Å². The summed E-state index contributed by atoms with van der Waals surface area (Å²) < 4.78 is 25.2. The lowest BCUT2D eigenvalue weighted by atomic mass is 10.1. The third-order valence-electron chi connectivity index (χ3n) is 2.18. The van der Waals surface area contributed by atoms with E-state index in [2.05, 4.69) is 4.72 Å². The summed E-state index contributed by atoms with van der Waals surface area (Å²) in [6, 6.07) is 7.41. The van der Waals surface area contributed by atoms with E-state index in [4.69, 9.17) is 11.6 Å². The maximum atomic E-state index is 11.4. The van der Waals surface area contributed by atoms with E-state index in [-0.39, 0.29) is 5.75 Å². The molecule has 0 fully saturated rings. The van der Waals surface area contributed by atoms with Crippen molar-refractivity contribution in [1.29, 1.82) is 0 Å². The first-order valence-corrected chi connectivity index (χ1v) is 7.41. The van der Waals surface area contributed by atoms with Crippen LogP contribution in [0, 0.1) is 0 Å². The zero-order valence-electron chi connectivity index (χ0n) is 9.24. The Kier molecular flexibility index (Phi) is 5.09. The maximum absolute atomic E-state index is 11.4. The first-order chi connectivity index (χ1) is 7.57. The highest BCUT2D eigenvalue weighted by Crippen LogP contribution is 2.14. The van der Waals surface area contributed by atoms with Crippen molar-refractivity contribution in [3.05, 3.63) is 29.8 Å². The first kappa shape index (κ1) is 13.3. The number of nitrogens with one attached hydrogen (secondary N) is 1. The monoisotopic (exact) mass is 261 g/mol. The maximum Gasteiger partial charge on any atom is 0.232 e. The number of benzene rings is 1. The van der Waals surface area contributed by atoms with E-state index in [0.29, 0.717) is 11.6 Å². The lowest BCUT2D eigenvalue weighted by Crippen LogP contribution is -2.14. The minimum absolute atomic E-state index is 0.0822. The van der Waals surface area contributed by atoms with Crippen LogP contribution in [-0.2, 0) is 16.4 Å². The molecule has 0 atom stereocenters. The fourth-order valence-corrected chi connectivity index (χ4v) is 2.08. The molecule has 1 N–H and O–H groups in total. The lowest BCUT2D eigenvalue weighted by Gasteiger charge is -2.07. The van der Waals surface area contributed by atoms with E-state index in [1.807, 2.05) is 18.2 Å². The Balaban J connectivity index is 2.75. The largest absolute Gasteiger partial charge is 0.284 e. The Morgan fingerprint density at radius 2 is 2.12 bits per heavy atom. The van der Waals surface area contributed by atoms with Crippen molar-refractivity contribution >= 4 is 27.3 Å². The lowest BCUT2D eigenvalue weighted by molar-refractivity contribution is 0.602. The van der Waals surface area contributed by atoms with E-state index in [1.54, 1.807) is 13.0 Å². The van der Waals surface area contributed by atoms with E-state index < -0.39 is 10.0 Å². The molecule has 0 aliphatic carbocycles. The van der Waals surface area contributed by atoms with Crippen LogP contribution < -0.4 is 4.72 Å². The predicted octanol–water partition coefficient (Wildman–Crippen LogP) is 2.62. The first-order valence-electron chi connectivity index (χ1n) is 5.23. The van der Waals surface area contributed by atoms with Gasteiger partial charge in [-0.25, -0.2) is 8.42 Å². The molecule has 16 heavy (non-hydrogen) atoms. The van der Waals surface area contributed by atoms with E-state index >= 15 is 0 Å². The van der Waals surface area contributed by atoms with Crippen molar-refractivity contribution in [2.24, 2.45) is 0 Å². The van der Waals surface area contributed by atoms with Gasteiger partial charge in [0, 0.05) is 11.6 Å². The zero-order chi connectivity index (χ0) is 12.0. The number of aryl methyl sites for hydroxylation is 1. The molecule has 0 heterocycles. The highest BCUT2D eigenvalue weighted by molar-refractivity contribution is 7.92. The Hall–Kier alpha value is -0.740.